The van der Waals surface area contributed by atoms with Crippen molar-refractivity contribution in [1.29, 1.82) is 0 Å². The Morgan fingerprint density at radius 3 is 2.64 bits per heavy atom. The highest BCUT2D eigenvalue weighted by Gasteiger charge is 2.23. The lowest BCUT2D eigenvalue weighted by atomic mass is 9.91. The third kappa shape index (κ3) is 1.82. The topological polar surface area (TPSA) is 29.1 Å². The first-order chi connectivity index (χ1) is 6.77. The van der Waals surface area contributed by atoms with Crippen LogP contribution in [-0.2, 0) is 4.79 Å². The van der Waals surface area contributed by atoms with Crippen LogP contribution in [0, 0.1) is 0 Å². The first kappa shape index (κ1) is 9.34. The normalized spacial score (nSPS) is 21.9. The van der Waals surface area contributed by atoms with Gasteiger partial charge in [-0.15, -0.1) is 0 Å². The van der Waals surface area contributed by atoms with Crippen LogP contribution in [0.15, 0.2) is 30.3 Å². The molecule has 72 valence electrons. The number of nitrogens with one attached hydrogen (secondary N) is 1. The van der Waals surface area contributed by atoms with Gasteiger partial charge in [0.15, 0.2) is 5.78 Å². The van der Waals surface area contributed by atoms with Crippen LogP contribution in [0.5, 0.6) is 0 Å². The summed E-state index contributed by atoms with van der Waals surface area (Å²) in [5.41, 5.74) is 1.20. The van der Waals surface area contributed by atoms with Gasteiger partial charge in [-0.25, -0.2) is 0 Å². The minimum atomic E-state index is 0.0557. The van der Waals surface area contributed by atoms with Crippen LogP contribution in [-0.4, -0.2) is 17.3 Å². The summed E-state index contributed by atoms with van der Waals surface area (Å²) in [6.45, 7) is 0.772. The average Bonchev–Trinajstić information content (AvgIpc) is 2.23. The maximum Gasteiger partial charge on any atom is 0.190 e. The lowest BCUT2D eigenvalue weighted by molar-refractivity contribution is -0.113. The first-order valence-corrected chi connectivity index (χ1v) is 5.04. The maximum atomic E-state index is 11.4. The summed E-state index contributed by atoms with van der Waals surface area (Å²) in [4.78, 5) is 11.8. The highest BCUT2D eigenvalue weighted by molar-refractivity contribution is 7.82. The molecule has 1 saturated heterocycles. The Labute approximate surface area is 88.3 Å². The van der Waals surface area contributed by atoms with Crippen LogP contribution >= 0.6 is 12.2 Å². The quantitative estimate of drug-likeness (QED) is 0.707. The van der Waals surface area contributed by atoms with E-state index in [4.69, 9.17) is 12.2 Å². The Balaban J connectivity index is 2.14. The molecule has 1 aliphatic rings. The molecular weight excluding hydrogens is 194 g/mol. The van der Waals surface area contributed by atoms with Crippen LogP contribution in [0.25, 0.3) is 0 Å². The Kier molecular flexibility index (Phi) is 2.59. The molecule has 2 nitrogen and oxygen atoms in total. The molecule has 0 aromatic heterocycles. The fourth-order valence-electron chi connectivity index (χ4n) is 1.66. The number of carbonyl (C=O) groups is 1. The van der Waals surface area contributed by atoms with Crippen LogP contribution in [0.1, 0.15) is 17.9 Å². The largest absolute Gasteiger partial charge is 0.373 e. The molecule has 0 aliphatic carbocycles. The summed E-state index contributed by atoms with van der Waals surface area (Å²) in [6.07, 6.45) is 0.538. The van der Waals surface area contributed by atoms with Crippen LogP contribution in [0.3, 0.4) is 0 Å². The zero-order valence-corrected chi connectivity index (χ0v) is 8.51. The van der Waals surface area contributed by atoms with Crippen molar-refractivity contribution < 1.29 is 4.79 Å². The van der Waals surface area contributed by atoms with Crippen molar-refractivity contribution in [2.75, 3.05) is 6.54 Å². The van der Waals surface area contributed by atoms with E-state index in [0.717, 1.165) is 6.54 Å². The molecular formula is C11H11NOS. The number of carbonyl (C=O) groups excluding carboxylic acids is 1. The molecule has 3 heteroatoms. The fraction of sp³-hybridized carbons (Fsp3) is 0.273. The van der Waals surface area contributed by atoms with E-state index in [9.17, 15) is 4.79 Å². The second kappa shape index (κ2) is 3.88. The molecule has 0 bridgehead atoms. The summed E-state index contributed by atoms with van der Waals surface area (Å²) >= 11 is 4.87. The predicted molar refractivity (Wildman–Crippen MR) is 59.4 cm³/mol. The number of thiocarbonyl (C=S) groups is 1. The summed E-state index contributed by atoms with van der Waals surface area (Å²) in [6, 6.07) is 10.1. The lowest BCUT2D eigenvalue weighted by Gasteiger charge is -2.23. The van der Waals surface area contributed by atoms with Crippen molar-refractivity contribution in [3.8, 4) is 0 Å². The van der Waals surface area contributed by atoms with Crippen molar-refractivity contribution in [2.45, 2.75) is 12.3 Å². The van der Waals surface area contributed by atoms with Crippen molar-refractivity contribution in [3.05, 3.63) is 35.9 Å². The number of rotatable bonds is 1. The molecule has 1 aromatic rings. The van der Waals surface area contributed by atoms with Gasteiger partial charge >= 0.3 is 0 Å². The molecule has 1 unspecified atom stereocenters. The molecule has 0 spiro atoms. The fourth-order valence-corrected chi connectivity index (χ4v) is 1.83. The van der Waals surface area contributed by atoms with Gasteiger partial charge in [0.2, 0.25) is 0 Å². The summed E-state index contributed by atoms with van der Waals surface area (Å²) < 4.78 is 0. The van der Waals surface area contributed by atoms with Gasteiger partial charge in [-0.2, -0.15) is 0 Å². The second-order valence-corrected chi connectivity index (χ2v) is 3.85. The number of hydrogen-bond donors (Lipinski definition) is 1. The molecule has 0 amide bonds. The van der Waals surface area contributed by atoms with E-state index in [-0.39, 0.29) is 11.7 Å². The molecule has 2 rings (SSSR count). The minimum absolute atomic E-state index is 0.0557. The number of hydrogen-bond acceptors (Lipinski definition) is 2. The van der Waals surface area contributed by atoms with Crippen LogP contribution < -0.4 is 5.32 Å². The van der Waals surface area contributed by atoms with Gasteiger partial charge < -0.3 is 5.32 Å². The van der Waals surface area contributed by atoms with E-state index in [1.54, 1.807) is 0 Å². The zero-order chi connectivity index (χ0) is 9.97. The Morgan fingerprint density at radius 1 is 1.29 bits per heavy atom. The number of benzene rings is 1. The SMILES string of the molecule is O=C1CC(c2ccccc2)CNC1=S. The first-order valence-electron chi connectivity index (χ1n) is 4.63. The third-order valence-corrected chi connectivity index (χ3v) is 2.84. The Bertz CT molecular complexity index is 361. The van der Waals surface area contributed by atoms with Gasteiger partial charge in [0, 0.05) is 18.9 Å². The zero-order valence-electron chi connectivity index (χ0n) is 7.69. The van der Waals surface area contributed by atoms with Crippen molar-refractivity contribution in [1.82, 2.24) is 5.32 Å². The monoisotopic (exact) mass is 205 g/mol. The summed E-state index contributed by atoms with van der Waals surface area (Å²) in [5, 5.41) is 2.96. The molecule has 0 radical (unpaired) electrons. The minimum Gasteiger partial charge on any atom is -0.373 e. The number of Topliss-reactive ketones (excluding diaryl/α,β-unsaturated/α-hetero) is 1. The standard InChI is InChI=1S/C11H11NOS/c13-10-6-9(7-12-11(10)14)8-4-2-1-3-5-8/h1-5,9H,6-7H2,(H,12,14). The molecule has 1 N–H and O–H groups in total. The van der Waals surface area contributed by atoms with Gasteiger partial charge in [-0.3, -0.25) is 4.79 Å². The maximum absolute atomic E-state index is 11.4. The van der Waals surface area contributed by atoms with E-state index >= 15 is 0 Å². The van der Waals surface area contributed by atoms with Gasteiger partial charge in [-0.1, -0.05) is 42.5 Å². The van der Waals surface area contributed by atoms with Gasteiger partial charge in [0.25, 0.3) is 0 Å². The Morgan fingerprint density at radius 2 is 2.00 bits per heavy atom. The van der Waals surface area contributed by atoms with Gasteiger partial charge in [0.05, 0.1) is 0 Å². The highest BCUT2D eigenvalue weighted by Crippen LogP contribution is 2.21. The molecule has 1 atom stereocenters. The third-order valence-electron chi connectivity index (χ3n) is 2.47. The molecule has 1 aliphatic heterocycles. The van der Waals surface area contributed by atoms with Crippen LogP contribution in [0.2, 0.25) is 0 Å². The van der Waals surface area contributed by atoms with E-state index in [1.165, 1.54) is 5.56 Å². The molecule has 14 heavy (non-hydrogen) atoms. The van der Waals surface area contributed by atoms with Crippen molar-refractivity contribution in [3.63, 3.8) is 0 Å². The predicted octanol–water partition coefficient (Wildman–Crippen LogP) is 1.66. The average molecular weight is 205 g/mol. The molecule has 1 heterocycles. The smallest absolute Gasteiger partial charge is 0.190 e. The van der Waals surface area contributed by atoms with Crippen molar-refractivity contribution >= 4 is 23.0 Å². The summed E-state index contributed by atoms with van der Waals surface area (Å²) in [5.74, 6) is 0.329. The van der Waals surface area contributed by atoms with E-state index in [1.807, 2.05) is 30.3 Å². The highest BCUT2D eigenvalue weighted by atomic mass is 32.1. The van der Waals surface area contributed by atoms with Gasteiger partial charge in [-0.05, 0) is 5.56 Å². The Hall–Kier alpha value is -1.22. The molecule has 1 fully saturated rings. The van der Waals surface area contributed by atoms with Gasteiger partial charge in [0.1, 0.15) is 4.99 Å². The number of piperidine rings is 1. The summed E-state index contributed by atoms with van der Waals surface area (Å²) in [7, 11) is 0. The molecule has 0 saturated carbocycles. The van der Waals surface area contributed by atoms with E-state index < -0.39 is 0 Å². The lowest BCUT2D eigenvalue weighted by Crippen LogP contribution is -2.39. The van der Waals surface area contributed by atoms with E-state index in [0.29, 0.717) is 11.4 Å². The molecule has 1 aromatic carbocycles. The number of ketones is 1. The van der Waals surface area contributed by atoms with E-state index in [2.05, 4.69) is 5.32 Å². The second-order valence-electron chi connectivity index (χ2n) is 3.44. The van der Waals surface area contributed by atoms with Crippen LogP contribution in [0.4, 0.5) is 0 Å². The van der Waals surface area contributed by atoms with Crippen molar-refractivity contribution in [2.24, 2.45) is 0 Å².